The van der Waals surface area contributed by atoms with Crippen molar-refractivity contribution in [1.82, 2.24) is 9.97 Å². The Morgan fingerprint density at radius 3 is 2.22 bits per heavy atom. The second-order valence-electron chi connectivity index (χ2n) is 4.35. The van der Waals surface area contributed by atoms with Crippen molar-refractivity contribution >= 4 is 5.95 Å². The summed E-state index contributed by atoms with van der Waals surface area (Å²) in [5, 5.41) is 8.84. The molecule has 1 aromatic rings. The molecule has 1 aromatic heterocycles. The minimum absolute atomic E-state index is 0.0780. The van der Waals surface area contributed by atoms with Crippen molar-refractivity contribution in [3.8, 4) is 0 Å². The van der Waals surface area contributed by atoms with E-state index in [4.69, 9.17) is 5.11 Å². The largest absolute Gasteiger partial charge is 0.392 e. The van der Waals surface area contributed by atoms with Gasteiger partial charge in [-0.1, -0.05) is 0 Å². The Kier molecular flexibility index (Phi) is 3.70. The minimum atomic E-state index is -4.10. The van der Waals surface area contributed by atoms with Gasteiger partial charge >= 0.3 is 6.18 Å². The first-order chi connectivity index (χ1) is 8.50. The lowest BCUT2D eigenvalue weighted by Gasteiger charge is -2.32. The highest BCUT2D eigenvalue weighted by Crippen LogP contribution is 2.34. The third-order valence-electron chi connectivity index (χ3n) is 3.11. The van der Waals surface area contributed by atoms with Crippen LogP contribution in [0.4, 0.5) is 19.1 Å². The van der Waals surface area contributed by atoms with Crippen LogP contribution in [0.5, 0.6) is 0 Å². The topological polar surface area (TPSA) is 49.3 Å². The zero-order chi connectivity index (χ0) is 13.2. The van der Waals surface area contributed by atoms with Crippen LogP contribution < -0.4 is 4.90 Å². The molecule has 0 amide bonds. The van der Waals surface area contributed by atoms with Crippen LogP contribution in [0.3, 0.4) is 0 Å². The summed E-state index contributed by atoms with van der Waals surface area (Å²) in [6, 6.07) is 0. The van der Waals surface area contributed by atoms with E-state index in [0.717, 1.165) is 0 Å². The molecule has 0 aromatic carbocycles. The van der Waals surface area contributed by atoms with Crippen molar-refractivity contribution in [2.75, 3.05) is 18.0 Å². The van der Waals surface area contributed by atoms with Crippen LogP contribution in [0.25, 0.3) is 0 Å². The van der Waals surface area contributed by atoms with E-state index >= 15 is 0 Å². The Morgan fingerprint density at radius 1 is 1.22 bits per heavy atom. The van der Waals surface area contributed by atoms with Crippen molar-refractivity contribution in [1.29, 1.82) is 0 Å². The first-order valence-corrected chi connectivity index (χ1v) is 5.74. The lowest BCUT2D eigenvalue weighted by Crippen LogP contribution is -2.39. The van der Waals surface area contributed by atoms with Crippen molar-refractivity contribution in [2.24, 2.45) is 5.92 Å². The van der Waals surface area contributed by atoms with E-state index in [1.807, 2.05) is 0 Å². The molecule has 0 atom stereocenters. The standard InChI is InChI=1S/C11H14F3N3O/c12-11(13,14)9-1-3-17(4-2-9)10-15-5-8(7-18)6-16-10/h5-6,9,18H,1-4,7H2. The number of rotatable bonds is 2. The van der Waals surface area contributed by atoms with Crippen molar-refractivity contribution in [3.05, 3.63) is 18.0 Å². The fourth-order valence-corrected chi connectivity index (χ4v) is 2.00. The molecular weight excluding hydrogens is 247 g/mol. The van der Waals surface area contributed by atoms with Crippen LogP contribution >= 0.6 is 0 Å². The van der Waals surface area contributed by atoms with Gasteiger partial charge in [-0.15, -0.1) is 0 Å². The maximum absolute atomic E-state index is 12.5. The lowest BCUT2D eigenvalue weighted by atomic mass is 9.96. The van der Waals surface area contributed by atoms with Crippen molar-refractivity contribution < 1.29 is 18.3 Å². The summed E-state index contributed by atoms with van der Waals surface area (Å²) >= 11 is 0. The second kappa shape index (κ2) is 5.09. The molecule has 7 heteroatoms. The molecule has 1 saturated heterocycles. The highest BCUT2D eigenvalue weighted by molar-refractivity contribution is 5.30. The molecule has 0 bridgehead atoms. The number of aliphatic hydroxyl groups excluding tert-OH is 1. The summed E-state index contributed by atoms with van der Waals surface area (Å²) in [6.07, 6.45) is -0.979. The number of aromatic nitrogens is 2. The Hall–Kier alpha value is -1.37. The van der Waals surface area contributed by atoms with E-state index in [0.29, 0.717) is 24.6 Å². The summed E-state index contributed by atoms with van der Waals surface area (Å²) in [6.45, 7) is 0.474. The fraction of sp³-hybridized carbons (Fsp3) is 0.636. The van der Waals surface area contributed by atoms with Crippen molar-refractivity contribution in [2.45, 2.75) is 25.6 Å². The smallest absolute Gasteiger partial charge is 0.391 e. The third kappa shape index (κ3) is 2.90. The SMILES string of the molecule is OCc1cnc(N2CCC(C(F)(F)F)CC2)nc1. The van der Waals surface area contributed by atoms with Gasteiger partial charge in [0.2, 0.25) is 5.95 Å². The number of alkyl halides is 3. The number of aliphatic hydroxyl groups is 1. The molecule has 2 rings (SSSR count). The minimum Gasteiger partial charge on any atom is -0.392 e. The quantitative estimate of drug-likeness (QED) is 0.881. The second-order valence-corrected chi connectivity index (χ2v) is 4.35. The van der Waals surface area contributed by atoms with Gasteiger partial charge in [-0.05, 0) is 12.8 Å². The Morgan fingerprint density at radius 2 is 1.78 bits per heavy atom. The van der Waals surface area contributed by atoms with Crippen molar-refractivity contribution in [3.63, 3.8) is 0 Å². The Labute approximate surface area is 102 Å². The highest BCUT2D eigenvalue weighted by atomic mass is 19.4. The predicted octanol–water partition coefficient (Wildman–Crippen LogP) is 1.75. The van der Waals surface area contributed by atoms with Gasteiger partial charge in [-0.3, -0.25) is 0 Å². The average Bonchev–Trinajstić information content (AvgIpc) is 2.38. The van der Waals surface area contributed by atoms with Gasteiger partial charge in [-0.25, -0.2) is 9.97 Å². The molecule has 0 aliphatic carbocycles. The normalized spacial score (nSPS) is 18.1. The maximum Gasteiger partial charge on any atom is 0.391 e. The molecule has 0 spiro atoms. The first kappa shape index (κ1) is 13.1. The van der Waals surface area contributed by atoms with Crippen LogP contribution in [0.15, 0.2) is 12.4 Å². The molecule has 18 heavy (non-hydrogen) atoms. The van der Waals surface area contributed by atoms with Crippen LogP contribution in [0.2, 0.25) is 0 Å². The van der Waals surface area contributed by atoms with Crippen LogP contribution in [-0.2, 0) is 6.61 Å². The first-order valence-electron chi connectivity index (χ1n) is 5.74. The molecule has 0 radical (unpaired) electrons. The van der Waals surface area contributed by atoms with Gasteiger partial charge < -0.3 is 10.0 Å². The zero-order valence-corrected chi connectivity index (χ0v) is 9.69. The van der Waals surface area contributed by atoms with Crippen LogP contribution in [0, 0.1) is 5.92 Å². The van der Waals surface area contributed by atoms with Gasteiger partial charge in [0.25, 0.3) is 0 Å². The van der Waals surface area contributed by atoms with E-state index in [-0.39, 0.29) is 19.4 Å². The van der Waals surface area contributed by atoms with Gasteiger partial charge in [0.05, 0.1) is 12.5 Å². The van der Waals surface area contributed by atoms with Gasteiger partial charge in [0.15, 0.2) is 0 Å². The summed E-state index contributed by atoms with van der Waals surface area (Å²) < 4.78 is 37.5. The maximum atomic E-state index is 12.5. The van der Waals surface area contributed by atoms with Gasteiger partial charge in [-0.2, -0.15) is 13.2 Å². The molecule has 2 heterocycles. The van der Waals surface area contributed by atoms with E-state index in [9.17, 15) is 13.2 Å². The number of hydrogen-bond donors (Lipinski definition) is 1. The molecule has 100 valence electrons. The molecule has 0 unspecified atom stereocenters. The molecule has 1 aliphatic rings. The van der Waals surface area contributed by atoms with E-state index in [1.165, 1.54) is 12.4 Å². The van der Waals surface area contributed by atoms with Crippen LogP contribution in [-0.4, -0.2) is 34.3 Å². The summed E-state index contributed by atoms with van der Waals surface area (Å²) in [5.41, 5.74) is 0.587. The fourth-order valence-electron chi connectivity index (χ4n) is 2.00. The molecule has 1 aliphatic heterocycles. The highest BCUT2D eigenvalue weighted by Gasteiger charge is 2.41. The summed E-state index contributed by atoms with van der Waals surface area (Å²) in [5.74, 6) is -0.793. The summed E-state index contributed by atoms with van der Waals surface area (Å²) in [4.78, 5) is 9.81. The average molecular weight is 261 g/mol. The number of piperidine rings is 1. The number of nitrogens with zero attached hydrogens (tertiary/aromatic N) is 3. The molecule has 1 fully saturated rings. The van der Waals surface area contributed by atoms with E-state index < -0.39 is 12.1 Å². The van der Waals surface area contributed by atoms with E-state index in [2.05, 4.69) is 9.97 Å². The lowest BCUT2D eigenvalue weighted by molar-refractivity contribution is -0.179. The molecule has 4 nitrogen and oxygen atoms in total. The monoisotopic (exact) mass is 261 g/mol. The molecule has 0 saturated carbocycles. The molecule has 1 N–H and O–H groups in total. The van der Waals surface area contributed by atoms with Gasteiger partial charge in [0.1, 0.15) is 0 Å². The summed E-state index contributed by atoms with van der Waals surface area (Å²) in [7, 11) is 0. The van der Waals surface area contributed by atoms with Crippen LogP contribution in [0.1, 0.15) is 18.4 Å². The number of anilines is 1. The van der Waals surface area contributed by atoms with Gasteiger partial charge in [0, 0.05) is 31.0 Å². The Balaban J connectivity index is 1.96. The third-order valence-corrected chi connectivity index (χ3v) is 3.11. The molecular formula is C11H14F3N3O. The van der Waals surface area contributed by atoms with E-state index in [1.54, 1.807) is 4.90 Å². The Bertz CT molecular complexity index is 386. The zero-order valence-electron chi connectivity index (χ0n) is 9.69. The predicted molar refractivity (Wildman–Crippen MR) is 58.9 cm³/mol. The number of hydrogen-bond acceptors (Lipinski definition) is 4. The number of halogens is 3.